The minimum absolute atomic E-state index is 0.968. The highest BCUT2D eigenvalue weighted by atomic mass is 14.9. The Kier molecular flexibility index (Phi) is 6.19. The standard InChI is InChI=1S/C13H25N3/c1-4-15-8-5-6-13(14-3)12-10-16-9-7-11(12)2/h14-16H,2,4-10H2,1,3H3/b13-12-. The number of nitrogens with one attached hydrogen (secondary N) is 3. The maximum atomic E-state index is 4.16. The molecule has 16 heavy (non-hydrogen) atoms. The summed E-state index contributed by atoms with van der Waals surface area (Å²) in [4.78, 5) is 0. The SMILES string of the molecule is C=C1CCNC/C1=C(\CCCNCC)NC. The number of rotatable bonds is 6. The zero-order valence-electron chi connectivity index (χ0n) is 10.7. The van der Waals surface area contributed by atoms with Crippen molar-refractivity contribution in [3.05, 3.63) is 23.4 Å². The first-order chi connectivity index (χ1) is 7.79. The molecule has 1 aliphatic rings. The molecule has 0 amide bonds. The second-order valence-corrected chi connectivity index (χ2v) is 4.19. The average Bonchev–Trinajstić information content (AvgIpc) is 2.31. The fraction of sp³-hybridized carbons (Fsp3) is 0.692. The molecule has 0 aliphatic carbocycles. The van der Waals surface area contributed by atoms with E-state index >= 15 is 0 Å². The van der Waals surface area contributed by atoms with Gasteiger partial charge in [0.25, 0.3) is 0 Å². The fourth-order valence-electron chi connectivity index (χ4n) is 2.04. The van der Waals surface area contributed by atoms with Crippen LogP contribution in [-0.4, -0.2) is 33.2 Å². The van der Waals surface area contributed by atoms with Crippen molar-refractivity contribution in [2.45, 2.75) is 26.2 Å². The fourth-order valence-corrected chi connectivity index (χ4v) is 2.04. The van der Waals surface area contributed by atoms with Crippen LogP contribution in [0.4, 0.5) is 0 Å². The molecule has 0 unspecified atom stereocenters. The molecule has 92 valence electrons. The van der Waals surface area contributed by atoms with Crippen LogP contribution in [0.2, 0.25) is 0 Å². The van der Waals surface area contributed by atoms with Gasteiger partial charge < -0.3 is 16.0 Å². The normalized spacial score (nSPS) is 19.8. The van der Waals surface area contributed by atoms with Crippen molar-refractivity contribution in [2.75, 3.05) is 33.2 Å². The van der Waals surface area contributed by atoms with Gasteiger partial charge in [-0.15, -0.1) is 0 Å². The van der Waals surface area contributed by atoms with Crippen molar-refractivity contribution in [2.24, 2.45) is 0 Å². The molecule has 0 spiro atoms. The van der Waals surface area contributed by atoms with Crippen molar-refractivity contribution in [3.8, 4) is 0 Å². The van der Waals surface area contributed by atoms with Crippen LogP contribution in [0.5, 0.6) is 0 Å². The molecule has 0 aromatic rings. The molecule has 3 N–H and O–H groups in total. The van der Waals surface area contributed by atoms with E-state index < -0.39 is 0 Å². The van der Waals surface area contributed by atoms with E-state index in [-0.39, 0.29) is 0 Å². The van der Waals surface area contributed by atoms with E-state index in [1.807, 2.05) is 7.05 Å². The summed E-state index contributed by atoms with van der Waals surface area (Å²) < 4.78 is 0. The molecular formula is C13H25N3. The summed E-state index contributed by atoms with van der Waals surface area (Å²) in [5.74, 6) is 0. The van der Waals surface area contributed by atoms with E-state index in [0.29, 0.717) is 0 Å². The Hall–Kier alpha value is -0.800. The minimum atomic E-state index is 0.968. The largest absolute Gasteiger partial charge is 0.391 e. The molecule has 1 heterocycles. The Bertz CT molecular complexity index is 256. The van der Waals surface area contributed by atoms with Crippen LogP contribution >= 0.6 is 0 Å². The third kappa shape index (κ3) is 3.99. The number of hydrogen-bond acceptors (Lipinski definition) is 3. The molecule has 1 saturated heterocycles. The molecule has 1 rings (SSSR count). The van der Waals surface area contributed by atoms with E-state index in [0.717, 1.165) is 39.0 Å². The van der Waals surface area contributed by atoms with Crippen LogP contribution in [0.1, 0.15) is 26.2 Å². The van der Waals surface area contributed by atoms with E-state index in [1.54, 1.807) is 0 Å². The van der Waals surface area contributed by atoms with Crippen molar-refractivity contribution in [1.29, 1.82) is 0 Å². The third-order valence-electron chi connectivity index (χ3n) is 3.03. The van der Waals surface area contributed by atoms with E-state index in [2.05, 4.69) is 29.5 Å². The van der Waals surface area contributed by atoms with Gasteiger partial charge in [-0.3, -0.25) is 0 Å². The lowest BCUT2D eigenvalue weighted by Crippen LogP contribution is -2.28. The Balaban J connectivity index is 2.49. The summed E-state index contributed by atoms with van der Waals surface area (Å²) in [6.07, 6.45) is 3.37. The minimum Gasteiger partial charge on any atom is -0.391 e. The van der Waals surface area contributed by atoms with E-state index in [1.165, 1.54) is 23.3 Å². The van der Waals surface area contributed by atoms with Crippen LogP contribution in [0.15, 0.2) is 23.4 Å². The highest BCUT2D eigenvalue weighted by Crippen LogP contribution is 2.20. The molecule has 0 saturated carbocycles. The number of allylic oxidation sites excluding steroid dienone is 1. The smallest absolute Gasteiger partial charge is 0.0225 e. The lowest BCUT2D eigenvalue weighted by Gasteiger charge is -2.22. The summed E-state index contributed by atoms with van der Waals surface area (Å²) in [7, 11) is 2.01. The Morgan fingerprint density at radius 2 is 2.31 bits per heavy atom. The summed E-state index contributed by atoms with van der Waals surface area (Å²) >= 11 is 0. The van der Waals surface area contributed by atoms with Gasteiger partial charge in [0, 0.05) is 19.3 Å². The van der Waals surface area contributed by atoms with Gasteiger partial charge in [-0.25, -0.2) is 0 Å². The Morgan fingerprint density at radius 3 is 2.94 bits per heavy atom. The summed E-state index contributed by atoms with van der Waals surface area (Å²) in [6, 6.07) is 0. The molecule has 3 heteroatoms. The van der Waals surface area contributed by atoms with Crippen molar-refractivity contribution < 1.29 is 0 Å². The van der Waals surface area contributed by atoms with Gasteiger partial charge in [0.2, 0.25) is 0 Å². The van der Waals surface area contributed by atoms with Crippen LogP contribution in [0.25, 0.3) is 0 Å². The lowest BCUT2D eigenvalue weighted by atomic mass is 9.97. The maximum Gasteiger partial charge on any atom is 0.0225 e. The Morgan fingerprint density at radius 1 is 1.50 bits per heavy atom. The number of hydrogen-bond donors (Lipinski definition) is 3. The molecule has 0 aromatic carbocycles. The molecule has 1 aliphatic heterocycles. The topological polar surface area (TPSA) is 36.1 Å². The molecule has 1 fully saturated rings. The zero-order valence-corrected chi connectivity index (χ0v) is 10.7. The molecular weight excluding hydrogens is 198 g/mol. The third-order valence-corrected chi connectivity index (χ3v) is 3.03. The first-order valence-electron chi connectivity index (χ1n) is 6.29. The van der Waals surface area contributed by atoms with Crippen molar-refractivity contribution >= 4 is 0 Å². The zero-order chi connectivity index (χ0) is 11.8. The van der Waals surface area contributed by atoms with Gasteiger partial charge >= 0.3 is 0 Å². The van der Waals surface area contributed by atoms with Gasteiger partial charge in [0.15, 0.2) is 0 Å². The molecule has 0 atom stereocenters. The highest BCUT2D eigenvalue weighted by Gasteiger charge is 2.13. The molecule has 0 aromatic heterocycles. The van der Waals surface area contributed by atoms with Crippen molar-refractivity contribution in [3.63, 3.8) is 0 Å². The summed E-state index contributed by atoms with van der Waals surface area (Å²) in [5, 5.41) is 10.1. The van der Waals surface area contributed by atoms with Gasteiger partial charge in [0.1, 0.15) is 0 Å². The predicted octanol–water partition coefficient (Wildman–Crippen LogP) is 1.40. The van der Waals surface area contributed by atoms with Gasteiger partial charge in [0.05, 0.1) is 0 Å². The molecule has 3 nitrogen and oxygen atoms in total. The van der Waals surface area contributed by atoms with Crippen LogP contribution in [0, 0.1) is 0 Å². The van der Waals surface area contributed by atoms with Gasteiger partial charge in [-0.2, -0.15) is 0 Å². The summed E-state index contributed by atoms with van der Waals surface area (Å²) in [6.45, 7) is 10.5. The summed E-state index contributed by atoms with van der Waals surface area (Å²) in [5.41, 5.74) is 4.05. The van der Waals surface area contributed by atoms with Crippen molar-refractivity contribution in [1.82, 2.24) is 16.0 Å². The second kappa shape index (κ2) is 7.47. The van der Waals surface area contributed by atoms with Gasteiger partial charge in [-0.05, 0) is 50.0 Å². The van der Waals surface area contributed by atoms with E-state index in [9.17, 15) is 0 Å². The van der Waals surface area contributed by atoms with E-state index in [4.69, 9.17) is 0 Å². The molecule has 0 radical (unpaired) electrons. The highest BCUT2D eigenvalue weighted by molar-refractivity contribution is 5.35. The maximum absolute atomic E-state index is 4.16. The monoisotopic (exact) mass is 223 g/mol. The van der Waals surface area contributed by atoms with Gasteiger partial charge in [-0.1, -0.05) is 13.5 Å². The van der Waals surface area contributed by atoms with Crippen LogP contribution in [-0.2, 0) is 0 Å². The van der Waals surface area contributed by atoms with Crippen LogP contribution in [0.3, 0.4) is 0 Å². The van der Waals surface area contributed by atoms with Crippen LogP contribution < -0.4 is 16.0 Å². The number of piperidine rings is 1. The quantitative estimate of drug-likeness (QED) is 0.596. The first-order valence-corrected chi connectivity index (χ1v) is 6.29. The first kappa shape index (κ1) is 13.3. The molecule has 0 bridgehead atoms. The predicted molar refractivity (Wildman–Crippen MR) is 70.5 cm³/mol. The lowest BCUT2D eigenvalue weighted by molar-refractivity contribution is 0.634. The average molecular weight is 223 g/mol. The second-order valence-electron chi connectivity index (χ2n) is 4.19. The Labute approximate surface area is 99.4 Å².